The van der Waals surface area contributed by atoms with Crippen molar-refractivity contribution < 1.29 is 14.3 Å². The number of carboxylic acids is 1. The average Bonchev–Trinajstić information content (AvgIpc) is 2.89. The third-order valence-electron chi connectivity index (χ3n) is 2.52. The molecule has 1 heterocycles. The molecule has 0 saturated heterocycles. The quantitative estimate of drug-likeness (QED) is 0.884. The summed E-state index contributed by atoms with van der Waals surface area (Å²) < 4.78 is 13.6. The lowest BCUT2D eigenvalue weighted by Gasteiger charge is -2.06. The summed E-state index contributed by atoms with van der Waals surface area (Å²) in [5, 5.41) is 22.4. The molecule has 1 aromatic carbocycles. The highest BCUT2D eigenvalue weighted by molar-refractivity contribution is 7.09. The Morgan fingerprint density at radius 2 is 2.35 bits per heavy atom. The van der Waals surface area contributed by atoms with Crippen LogP contribution in [0.5, 0.6) is 0 Å². The van der Waals surface area contributed by atoms with Crippen molar-refractivity contribution in [2.24, 2.45) is 0 Å². The topological polar surface area (TPSA) is 86.0 Å². The Morgan fingerprint density at radius 3 is 2.95 bits per heavy atom. The second kappa shape index (κ2) is 6.12. The van der Waals surface area contributed by atoms with Crippen LogP contribution < -0.4 is 5.32 Å². The van der Waals surface area contributed by atoms with Gasteiger partial charge in [-0.05, 0) is 18.2 Å². The molecule has 20 heavy (non-hydrogen) atoms. The number of anilines is 1. The van der Waals surface area contributed by atoms with Gasteiger partial charge in [0.05, 0.1) is 22.3 Å². The number of carboxylic acid groups (broad SMARTS) is 1. The lowest BCUT2D eigenvalue weighted by Crippen LogP contribution is -2.07. The molecular weight excluding hydrogens is 281 g/mol. The number of carbonyl (C=O) groups is 1. The second-order valence-corrected chi connectivity index (χ2v) is 4.86. The van der Waals surface area contributed by atoms with Crippen molar-refractivity contribution in [2.75, 3.05) is 11.9 Å². The third-order valence-corrected chi connectivity index (χ3v) is 3.43. The normalized spacial score (nSPS) is 10.0. The van der Waals surface area contributed by atoms with E-state index >= 15 is 0 Å². The summed E-state index contributed by atoms with van der Waals surface area (Å²) in [6.45, 7) is 0.426. The van der Waals surface area contributed by atoms with Crippen molar-refractivity contribution in [1.82, 2.24) is 4.98 Å². The van der Waals surface area contributed by atoms with Gasteiger partial charge in [0, 0.05) is 18.3 Å². The van der Waals surface area contributed by atoms with Crippen LogP contribution in [0.25, 0.3) is 0 Å². The van der Waals surface area contributed by atoms with Crippen molar-refractivity contribution in [3.63, 3.8) is 0 Å². The smallest absolute Gasteiger partial charge is 0.355 e. The Labute approximate surface area is 118 Å². The summed E-state index contributed by atoms with van der Waals surface area (Å²) in [6.07, 6.45) is 0.497. The lowest BCUT2D eigenvalue weighted by molar-refractivity contribution is 0.0691. The number of rotatable bonds is 5. The van der Waals surface area contributed by atoms with E-state index in [2.05, 4.69) is 10.3 Å². The van der Waals surface area contributed by atoms with E-state index in [1.165, 1.54) is 28.8 Å². The average molecular weight is 291 g/mol. The Bertz CT molecular complexity index is 678. The summed E-state index contributed by atoms with van der Waals surface area (Å²) in [6, 6.07) is 6.04. The summed E-state index contributed by atoms with van der Waals surface area (Å²) in [5.41, 5.74) is 0.590. The zero-order valence-corrected chi connectivity index (χ0v) is 11.1. The first-order valence-electron chi connectivity index (χ1n) is 5.71. The van der Waals surface area contributed by atoms with Gasteiger partial charge in [0.2, 0.25) is 0 Å². The summed E-state index contributed by atoms with van der Waals surface area (Å²) in [4.78, 5) is 14.6. The number of hydrogen-bond donors (Lipinski definition) is 2. The van der Waals surface area contributed by atoms with Gasteiger partial charge >= 0.3 is 5.97 Å². The molecule has 0 amide bonds. The van der Waals surface area contributed by atoms with Gasteiger partial charge in [-0.3, -0.25) is 0 Å². The van der Waals surface area contributed by atoms with Crippen LogP contribution in [0.3, 0.4) is 0 Å². The molecule has 0 atom stereocenters. The molecular formula is C13H10FN3O2S. The monoisotopic (exact) mass is 291 g/mol. The van der Waals surface area contributed by atoms with Crippen molar-refractivity contribution in [3.8, 4) is 6.07 Å². The Kier molecular flexibility index (Phi) is 4.27. The molecule has 0 bridgehead atoms. The van der Waals surface area contributed by atoms with Crippen LogP contribution in [0.4, 0.5) is 10.1 Å². The number of aromatic carboxylic acids is 1. The zero-order chi connectivity index (χ0) is 14.5. The molecule has 0 aliphatic carbocycles. The number of nitrogens with one attached hydrogen (secondary N) is 1. The first-order valence-corrected chi connectivity index (χ1v) is 6.59. The van der Waals surface area contributed by atoms with E-state index in [4.69, 9.17) is 10.4 Å². The third kappa shape index (κ3) is 3.30. The molecule has 1 aromatic heterocycles. The molecule has 5 nitrogen and oxygen atoms in total. The standard InChI is InChI=1S/C13H10FN3O2S/c14-9-5-8(6-15)1-2-10(9)16-4-3-12-17-11(7-20-12)13(18)19/h1-2,5,7,16H,3-4H2,(H,18,19). The number of benzene rings is 1. The summed E-state index contributed by atoms with van der Waals surface area (Å²) in [7, 11) is 0. The minimum atomic E-state index is -1.06. The van der Waals surface area contributed by atoms with Crippen molar-refractivity contribution in [3.05, 3.63) is 45.7 Å². The molecule has 7 heteroatoms. The second-order valence-electron chi connectivity index (χ2n) is 3.91. The number of thiazole rings is 1. The molecule has 0 spiro atoms. The van der Waals surface area contributed by atoms with Gasteiger partial charge in [-0.25, -0.2) is 14.2 Å². The maximum Gasteiger partial charge on any atom is 0.355 e. The molecule has 0 unspecified atom stereocenters. The van der Waals surface area contributed by atoms with E-state index in [0.29, 0.717) is 23.7 Å². The van der Waals surface area contributed by atoms with Crippen LogP contribution in [0.1, 0.15) is 21.1 Å². The van der Waals surface area contributed by atoms with Gasteiger partial charge in [-0.1, -0.05) is 0 Å². The fraction of sp³-hybridized carbons (Fsp3) is 0.154. The van der Waals surface area contributed by atoms with Crippen molar-refractivity contribution in [1.29, 1.82) is 5.26 Å². The van der Waals surface area contributed by atoms with Crippen LogP contribution in [0.2, 0.25) is 0 Å². The largest absolute Gasteiger partial charge is 0.476 e. The minimum absolute atomic E-state index is 0.0227. The number of nitriles is 1. The molecule has 0 aliphatic rings. The Morgan fingerprint density at radius 1 is 1.55 bits per heavy atom. The first kappa shape index (κ1) is 14.0. The first-order chi connectivity index (χ1) is 9.60. The van der Waals surface area contributed by atoms with Crippen LogP contribution >= 0.6 is 11.3 Å². The van der Waals surface area contributed by atoms with E-state index < -0.39 is 11.8 Å². The van der Waals surface area contributed by atoms with E-state index in [1.54, 1.807) is 0 Å². The minimum Gasteiger partial charge on any atom is -0.476 e. The molecule has 0 fully saturated rings. The summed E-state index contributed by atoms with van der Waals surface area (Å²) >= 11 is 1.25. The predicted molar refractivity (Wildman–Crippen MR) is 72.4 cm³/mol. The van der Waals surface area contributed by atoms with E-state index in [9.17, 15) is 9.18 Å². The molecule has 0 saturated carbocycles. The molecule has 102 valence electrons. The number of halogens is 1. The van der Waals surface area contributed by atoms with E-state index in [0.717, 1.165) is 6.07 Å². The highest BCUT2D eigenvalue weighted by Crippen LogP contribution is 2.16. The van der Waals surface area contributed by atoms with Crippen molar-refractivity contribution >= 4 is 23.0 Å². The fourth-order valence-electron chi connectivity index (χ4n) is 1.56. The maximum absolute atomic E-state index is 13.6. The lowest BCUT2D eigenvalue weighted by atomic mass is 10.2. The van der Waals surface area contributed by atoms with Gasteiger partial charge in [-0.15, -0.1) is 11.3 Å². The SMILES string of the molecule is N#Cc1ccc(NCCc2nc(C(=O)O)cs2)c(F)c1. The number of nitrogens with zero attached hydrogens (tertiary/aromatic N) is 2. The number of aromatic nitrogens is 1. The maximum atomic E-state index is 13.6. The fourth-order valence-corrected chi connectivity index (χ4v) is 2.33. The molecule has 2 aromatic rings. The van der Waals surface area contributed by atoms with Gasteiger partial charge in [0.1, 0.15) is 5.82 Å². The molecule has 0 radical (unpaired) electrons. The molecule has 2 rings (SSSR count). The van der Waals surface area contributed by atoms with Gasteiger partial charge in [0.25, 0.3) is 0 Å². The van der Waals surface area contributed by atoms with Crippen LogP contribution in [0.15, 0.2) is 23.6 Å². The molecule has 2 N–H and O–H groups in total. The molecule has 0 aliphatic heterocycles. The van der Waals surface area contributed by atoms with Gasteiger partial charge in [0.15, 0.2) is 5.69 Å². The highest BCUT2D eigenvalue weighted by atomic mass is 32.1. The number of hydrogen-bond acceptors (Lipinski definition) is 5. The van der Waals surface area contributed by atoms with Gasteiger partial charge in [-0.2, -0.15) is 5.26 Å². The summed E-state index contributed by atoms with van der Waals surface area (Å²) in [5.74, 6) is -1.55. The zero-order valence-electron chi connectivity index (χ0n) is 10.3. The Balaban J connectivity index is 1.92. The van der Waals surface area contributed by atoms with Crippen LogP contribution in [-0.4, -0.2) is 22.6 Å². The van der Waals surface area contributed by atoms with E-state index in [-0.39, 0.29) is 11.3 Å². The van der Waals surface area contributed by atoms with Crippen LogP contribution in [0, 0.1) is 17.1 Å². The van der Waals surface area contributed by atoms with Crippen LogP contribution in [-0.2, 0) is 6.42 Å². The van der Waals surface area contributed by atoms with Crippen molar-refractivity contribution in [2.45, 2.75) is 6.42 Å². The van der Waals surface area contributed by atoms with Gasteiger partial charge < -0.3 is 10.4 Å². The Hall–Kier alpha value is -2.46. The van der Waals surface area contributed by atoms with E-state index in [1.807, 2.05) is 6.07 Å². The highest BCUT2D eigenvalue weighted by Gasteiger charge is 2.08. The predicted octanol–water partition coefficient (Wildman–Crippen LogP) is 2.51.